The minimum atomic E-state index is -0.338. The molecule has 0 aliphatic carbocycles. The number of carbonyl (C=O) groups excluding carboxylic acids is 1. The monoisotopic (exact) mass is 282 g/mol. The molecule has 2 rings (SSSR count). The molecule has 1 saturated heterocycles. The molecule has 0 spiro atoms. The first-order chi connectivity index (χ1) is 9.04. The van der Waals surface area contributed by atoms with Crippen molar-refractivity contribution in [2.45, 2.75) is 25.4 Å². The summed E-state index contributed by atoms with van der Waals surface area (Å²) in [5, 5.41) is 0.625. The summed E-state index contributed by atoms with van der Waals surface area (Å²) in [6.07, 6.45) is 1.72. The first-order valence-electron chi connectivity index (χ1n) is 6.44. The lowest BCUT2D eigenvalue weighted by atomic mass is 9.97. The Hall–Kier alpha value is -1.10. The van der Waals surface area contributed by atoms with Crippen LogP contribution in [0.3, 0.4) is 0 Å². The van der Waals surface area contributed by atoms with Crippen LogP contribution in [0.2, 0.25) is 5.02 Å². The Balaban J connectivity index is 2.17. The second-order valence-corrected chi connectivity index (χ2v) is 5.53. The van der Waals surface area contributed by atoms with Crippen LogP contribution in [0, 0.1) is 0 Å². The molecule has 19 heavy (non-hydrogen) atoms. The Morgan fingerprint density at radius 3 is 3.00 bits per heavy atom. The molecular formula is C14H19ClN2O2. The fourth-order valence-electron chi connectivity index (χ4n) is 2.29. The first-order valence-corrected chi connectivity index (χ1v) is 6.82. The molecule has 1 unspecified atom stereocenters. The number of benzene rings is 1. The average Bonchev–Trinajstić information content (AvgIpc) is 2.40. The molecule has 1 amide bonds. The van der Waals surface area contributed by atoms with Crippen molar-refractivity contribution in [3.8, 4) is 0 Å². The normalized spacial score (nSPS) is 23.7. The van der Waals surface area contributed by atoms with Crippen molar-refractivity contribution in [2.75, 3.05) is 24.6 Å². The van der Waals surface area contributed by atoms with Gasteiger partial charge in [-0.1, -0.05) is 17.7 Å². The Kier molecular flexibility index (Phi) is 4.45. The Labute approximate surface area is 118 Å². The summed E-state index contributed by atoms with van der Waals surface area (Å²) in [5.74, 6) is -0.0347. The summed E-state index contributed by atoms with van der Waals surface area (Å²) in [4.78, 5) is 13.7. The minimum absolute atomic E-state index is 0.0347. The quantitative estimate of drug-likeness (QED) is 0.921. The fraction of sp³-hybridized carbons (Fsp3) is 0.500. The molecule has 1 aliphatic heterocycles. The molecule has 5 heteroatoms. The number of rotatable bonds is 4. The van der Waals surface area contributed by atoms with E-state index in [1.165, 1.54) is 0 Å². The van der Waals surface area contributed by atoms with Gasteiger partial charge in [0.05, 0.1) is 12.1 Å². The molecule has 0 bridgehead atoms. The molecule has 1 fully saturated rings. The van der Waals surface area contributed by atoms with Crippen LogP contribution in [0.5, 0.6) is 0 Å². The standard InChI is InChI=1S/C14H19ClN2O2/c1-14(6-3-7-16)10-17(13(18)9-19-14)12-5-2-4-11(15)8-12/h2,4-5,8H,3,6-7,9-10,16H2,1H3. The van der Waals surface area contributed by atoms with Gasteiger partial charge in [0, 0.05) is 10.7 Å². The van der Waals surface area contributed by atoms with Gasteiger partial charge >= 0.3 is 0 Å². The molecule has 1 aromatic rings. The van der Waals surface area contributed by atoms with Gasteiger partial charge in [-0.3, -0.25) is 4.79 Å². The SMILES string of the molecule is CC1(CCCN)CN(c2cccc(Cl)c2)C(=O)CO1. The highest BCUT2D eigenvalue weighted by Gasteiger charge is 2.36. The highest BCUT2D eigenvalue weighted by molar-refractivity contribution is 6.30. The van der Waals surface area contributed by atoms with E-state index in [9.17, 15) is 4.79 Å². The highest BCUT2D eigenvalue weighted by Crippen LogP contribution is 2.28. The van der Waals surface area contributed by atoms with E-state index < -0.39 is 0 Å². The lowest BCUT2D eigenvalue weighted by molar-refractivity contribution is -0.137. The van der Waals surface area contributed by atoms with Crippen LogP contribution in [-0.4, -0.2) is 31.2 Å². The molecule has 1 aromatic carbocycles. The van der Waals surface area contributed by atoms with E-state index in [0.29, 0.717) is 18.1 Å². The number of hydrogen-bond donors (Lipinski definition) is 1. The zero-order valence-corrected chi connectivity index (χ0v) is 11.8. The van der Waals surface area contributed by atoms with E-state index in [0.717, 1.165) is 18.5 Å². The third-order valence-corrected chi connectivity index (χ3v) is 3.60. The third-order valence-electron chi connectivity index (χ3n) is 3.37. The topological polar surface area (TPSA) is 55.6 Å². The lowest BCUT2D eigenvalue weighted by Gasteiger charge is -2.40. The number of nitrogens with two attached hydrogens (primary N) is 1. The number of amides is 1. The van der Waals surface area contributed by atoms with Gasteiger partial charge < -0.3 is 15.4 Å². The van der Waals surface area contributed by atoms with Gasteiger partial charge in [-0.15, -0.1) is 0 Å². The van der Waals surface area contributed by atoms with Crippen LogP contribution in [0.15, 0.2) is 24.3 Å². The van der Waals surface area contributed by atoms with Gasteiger partial charge in [0.15, 0.2) is 0 Å². The summed E-state index contributed by atoms with van der Waals surface area (Å²) in [5.41, 5.74) is 6.03. The zero-order valence-electron chi connectivity index (χ0n) is 11.1. The summed E-state index contributed by atoms with van der Waals surface area (Å²) >= 11 is 5.98. The number of halogens is 1. The van der Waals surface area contributed by atoms with Crippen LogP contribution in [0.25, 0.3) is 0 Å². The molecule has 1 atom stereocenters. The third kappa shape index (κ3) is 3.47. The summed E-state index contributed by atoms with van der Waals surface area (Å²) in [6, 6.07) is 7.33. The van der Waals surface area contributed by atoms with E-state index >= 15 is 0 Å². The maximum atomic E-state index is 12.0. The highest BCUT2D eigenvalue weighted by atomic mass is 35.5. The Bertz CT molecular complexity index is 467. The van der Waals surface area contributed by atoms with Crippen LogP contribution in [-0.2, 0) is 9.53 Å². The molecular weight excluding hydrogens is 264 g/mol. The van der Waals surface area contributed by atoms with Crippen molar-refractivity contribution in [2.24, 2.45) is 5.73 Å². The Morgan fingerprint density at radius 2 is 2.32 bits per heavy atom. The Morgan fingerprint density at radius 1 is 1.53 bits per heavy atom. The van der Waals surface area contributed by atoms with E-state index in [1.54, 1.807) is 17.0 Å². The van der Waals surface area contributed by atoms with Gasteiger partial charge in [0.1, 0.15) is 6.61 Å². The first kappa shape index (κ1) is 14.3. The second kappa shape index (κ2) is 5.90. The fourth-order valence-corrected chi connectivity index (χ4v) is 2.47. The zero-order chi connectivity index (χ0) is 13.9. The van der Waals surface area contributed by atoms with E-state index in [4.69, 9.17) is 22.1 Å². The molecule has 104 valence electrons. The second-order valence-electron chi connectivity index (χ2n) is 5.09. The van der Waals surface area contributed by atoms with Crippen molar-refractivity contribution in [3.63, 3.8) is 0 Å². The number of hydrogen-bond acceptors (Lipinski definition) is 3. The van der Waals surface area contributed by atoms with Crippen molar-refractivity contribution in [1.82, 2.24) is 0 Å². The number of carbonyl (C=O) groups is 1. The summed E-state index contributed by atoms with van der Waals surface area (Å²) < 4.78 is 5.68. The predicted molar refractivity (Wildman–Crippen MR) is 76.5 cm³/mol. The predicted octanol–water partition coefficient (Wildman–Crippen LogP) is 2.20. The smallest absolute Gasteiger partial charge is 0.253 e. The number of anilines is 1. The van der Waals surface area contributed by atoms with E-state index in [1.807, 2.05) is 19.1 Å². The largest absolute Gasteiger partial charge is 0.364 e. The number of morpholine rings is 1. The van der Waals surface area contributed by atoms with Gasteiger partial charge in [-0.05, 0) is 44.5 Å². The number of nitrogens with zero attached hydrogens (tertiary/aromatic N) is 1. The van der Waals surface area contributed by atoms with Crippen molar-refractivity contribution in [3.05, 3.63) is 29.3 Å². The number of ether oxygens (including phenoxy) is 1. The van der Waals surface area contributed by atoms with Crippen molar-refractivity contribution in [1.29, 1.82) is 0 Å². The molecule has 0 radical (unpaired) electrons. The molecule has 4 nitrogen and oxygen atoms in total. The summed E-state index contributed by atoms with van der Waals surface area (Å²) in [6.45, 7) is 3.29. The maximum Gasteiger partial charge on any atom is 0.253 e. The summed E-state index contributed by atoms with van der Waals surface area (Å²) in [7, 11) is 0. The van der Waals surface area contributed by atoms with Crippen LogP contribution in [0.1, 0.15) is 19.8 Å². The molecule has 2 N–H and O–H groups in total. The van der Waals surface area contributed by atoms with Crippen molar-refractivity contribution >= 4 is 23.2 Å². The van der Waals surface area contributed by atoms with Gasteiger partial charge in [-0.2, -0.15) is 0 Å². The van der Waals surface area contributed by atoms with Gasteiger partial charge in [0.25, 0.3) is 5.91 Å². The minimum Gasteiger partial charge on any atom is -0.364 e. The lowest BCUT2D eigenvalue weighted by Crippen LogP contribution is -2.53. The van der Waals surface area contributed by atoms with Crippen molar-refractivity contribution < 1.29 is 9.53 Å². The molecule has 0 saturated carbocycles. The van der Waals surface area contributed by atoms with Crippen LogP contribution < -0.4 is 10.6 Å². The van der Waals surface area contributed by atoms with E-state index in [-0.39, 0.29) is 18.1 Å². The maximum absolute atomic E-state index is 12.0. The molecule has 1 heterocycles. The van der Waals surface area contributed by atoms with Gasteiger partial charge in [0.2, 0.25) is 0 Å². The van der Waals surface area contributed by atoms with Gasteiger partial charge in [-0.25, -0.2) is 0 Å². The van der Waals surface area contributed by atoms with E-state index in [2.05, 4.69) is 0 Å². The molecule has 0 aromatic heterocycles. The molecule has 1 aliphatic rings. The average molecular weight is 283 g/mol. The van der Waals surface area contributed by atoms with Crippen LogP contribution >= 0.6 is 11.6 Å². The van der Waals surface area contributed by atoms with Crippen LogP contribution in [0.4, 0.5) is 5.69 Å².